The van der Waals surface area contributed by atoms with Gasteiger partial charge in [-0.2, -0.15) is 0 Å². The summed E-state index contributed by atoms with van der Waals surface area (Å²) in [5.41, 5.74) is 6.68. The van der Waals surface area contributed by atoms with Crippen LogP contribution in [-0.4, -0.2) is 69.5 Å². The second kappa shape index (κ2) is 11.6. The maximum Gasteiger partial charge on any atom is 0.326 e. The average Bonchev–Trinajstić information content (AvgIpc) is 3.28. The summed E-state index contributed by atoms with van der Waals surface area (Å²) in [6.07, 6.45) is 1.88. The van der Waals surface area contributed by atoms with Crippen molar-refractivity contribution in [2.75, 3.05) is 6.54 Å². The first-order valence-corrected chi connectivity index (χ1v) is 11.2. The summed E-state index contributed by atoms with van der Waals surface area (Å²) in [6, 6.07) is 2.38. The molecule has 1 heterocycles. The molecule has 0 spiro atoms. The molecule has 1 aromatic rings. The average molecular weight is 463 g/mol. The van der Waals surface area contributed by atoms with E-state index in [1.54, 1.807) is 12.1 Å². The van der Waals surface area contributed by atoms with Crippen LogP contribution >= 0.6 is 0 Å². The van der Waals surface area contributed by atoms with Crippen molar-refractivity contribution in [3.8, 4) is 5.75 Å². The van der Waals surface area contributed by atoms with Crippen LogP contribution in [0.25, 0.3) is 0 Å². The van der Waals surface area contributed by atoms with Gasteiger partial charge >= 0.3 is 5.97 Å². The third kappa shape index (κ3) is 6.92. The number of nitrogens with zero attached hydrogens (tertiary/aromatic N) is 1. The van der Waals surface area contributed by atoms with Crippen LogP contribution in [0, 0.1) is 5.92 Å². The molecule has 0 aromatic heterocycles. The number of carbonyl (C=O) groups excluding carboxylic acids is 3. The van der Waals surface area contributed by atoms with Gasteiger partial charge in [0.1, 0.15) is 23.9 Å². The topological polar surface area (TPSA) is 162 Å². The third-order valence-electron chi connectivity index (χ3n) is 6.12. The highest BCUT2D eigenvalue weighted by Gasteiger charge is 2.38. The summed E-state index contributed by atoms with van der Waals surface area (Å²) < 4.78 is 0. The van der Waals surface area contributed by atoms with Gasteiger partial charge < -0.3 is 31.5 Å². The molecule has 1 fully saturated rings. The zero-order valence-corrected chi connectivity index (χ0v) is 19.3. The van der Waals surface area contributed by atoms with Gasteiger partial charge in [0.05, 0.1) is 6.04 Å². The van der Waals surface area contributed by atoms with Crippen molar-refractivity contribution in [3.05, 3.63) is 29.8 Å². The van der Waals surface area contributed by atoms with E-state index in [1.807, 2.05) is 13.8 Å². The predicted octanol–water partition coefficient (Wildman–Crippen LogP) is 0.373. The smallest absolute Gasteiger partial charge is 0.326 e. The predicted molar refractivity (Wildman–Crippen MR) is 121 cm³/mol. The van der Waals surface area contributed by atoms with Crippen LogP contribution in [0.1, 0.15) is 45.6 Å². The van der Waals surface area contributed by atoms with Gasteiger partial charge in [-0.15, -0.1) is 0 Å². The second-order valence-corrected chi connectivity index (χ2v) is 8.60. The number of amides is 3. The number of benzene rings is 1. The lowest BCUT2D eigenvalue weighted by molar-refractivity contribution is -0.143. The summed E-state index contributed by atoms with van der Waals surface area (Å²) in [5.74, 6) is -2.59. The molecule has 1 saturated heterocycles. The minimum Gasteiger partial charge on any atom is -0.508 e. The Labute approximate surface area is 193 Å². The molecule has 1 aliphatic heterocycles. The van der Waals surface area contributed by atoms with Crippen LogP contribution in [0.2, 0.25) is 0 Å². The lowest BCUT2D eigenvalue weighted by atomic mass is 9.98. The first-order chi connectivity index (χ1) is 15.5. The first-order valence-electron chi connectivity index (χ1n) is 11.2. The Morgan fingerprint density at radius 2 is 1.79 bits per heavy atom. The molecule has 2 rings (SSSR count). The Hall–Kier alpha value is -3.14. The summed E-state index contributed by atoms with van der Waals surface area (Å²) in [4.78, 5) is 51.2. The van der Waals surface area contributed by atoms with Gasteiger partial charge in [0.2, 0.25) is 17.7 Å². The van der Waals surface area contributed by atoms with Crippen molar-refractivity contribution >= 4 is 23.7 Å². The van der Waals surface area contributed by atoms with E-state index in [0.29, 0.717) is 24.9 Å². The number of hydrogen-bond acceptors (Lipinski definition) is 6. The number of rotatable bonds is 10. The molecule has 33 heavy (non-hydrogen) atoms. The quantitative estimate of drug-likeness (QED) is 0.335. The van der Waals surface area contributed by atoms with Gasteiger partial charge in [0.25, 0.3) is 0 Å². The Morgan fingerprint density at radius 3 is 2.36 bits per heavy atom. The van der Waals surface area contributed by atoms with E-state index in [1.165, 1.54) is 24.0 Å². The van der Waals surface area contributed by atoms with E-state index in [9.17, 15) is 29.4 Å². The fourth-order valence-electron chi connectivity index (χ4n) is 3.73. The van der Waals surface area contributed by atoms with E-state index in [-0.39, 0.29) is 24.0 Å². The molecule has 1 aromatic carbocycles. The van der Waals surface area contributed by atoms with Crippen LogP contribution in [0.3, 0.4) is 0 Å². The van der Waals surface area contributed by atoms with Gasteiger partial charge in [-0.05, 0) is 43.4 Å². The number of aromatic hydroxyl groups is 1. The van der Waals surface area contributed by atoms with Gasteiger partial charge in [0, 0.05) is 13.0 Å². The lowest BCUT2D eigenvalue weighted by Gasteiger charge is -2.29. The molecule has 0 saturated carbocycles. The maximum absolute atomic E-state index is 12.8. The Morgan fingerprint density at radius 1 is 1.15 bits per heavy atom. The lowest BCUT2D eigenvalue weighted by Crippen LogP contribution is -2.56. The van der Waals surface area contributed by atoms with Gasteiger partial charge in [0.15, 0.2) is 0 Å². The monoisotopic (exact) mass is 462 g/mol. The largest absolute Gasteiger partial charge is 0.508 e. The zero-order valence-electron chi connectivity index (χ0n) is 19.3. The van der Waals surface area contributed by atoms with E-state index in [0.717, 1.165) is 6.42 Å². The van der Waals surface area contributed by atoms with Crippen molar-refractivity contribution in [1.82, 2.24) is 15.5 Å². The van der Waals surface area contributed by atoms with E-state index >= 15 is 0 Å². The van der Waals surface area contributed by atoms with Gasteiger partial charge in [-0.25, -0.2) is 4.79 Å². The molecule has 5 unspecified atom stereocenters. The number of carbonyl (C=O) groups is 4. The molecular weight excluding hydrogens is 428 g/mol. The van der Waals surface area contributed by atoms with Crippen molar-refractivity contribution in [1.29, 1.82) is 0 Å². The number of phenols is 1. The first kappa shape index (κ1) is 26.1. The normalized spacial score (nSPS) is 19.3. The van der Waals surface area contributed by atoms with E-state index < -0.39 is 42.0 Å². The number of nitrogens with one attached hydrogen (secondary N) is 2. The molecule has 182 valence electrons. The molecule has 10 nitrogen and oxygen atoms in total. The van der Waals surface area contributed by atoms with Crippen LogP contribution in [0.5, 0.6) is 5.75 Å². The Balaban J connectivity index is 1.97. The van der Waals surface area contributed by atoms with Gasteiger partial charge in [-0.3, -0.25) is 14.4 Å². The number of carboxylic acids is 1. The highest BCUT2D eigenvalue weighted by molar-refractivity contribution is 5.94. The van der Waals surface area contributed by atoms with Crippen LogP contribution in [0.4, 0.5) is 0 Å². The molecule has 10 heteroatoms. The molecule has 0 bridgehead atoms. The molecular formula is C23H34N4O6. The number of nitrogens with two attached hydrogens (primary N) is 1. The molecule has 5 atom stereocenters. The number of phenolic OH excluding ortho intramolecular Hbond substituents is 1. The van der Waals surface area contributed by atoms with Gasteiger partial charge in [-0.1, -0.05) is 32.4 Å². The van der Waals surface area contributed by atoms with E-state index in [4.69, 9.17) is 5.73 Å². The SMILES string of the molecule is CCC(C)C(N)C(=O)N1CCCC1C(=O)NC(C)C(=O)NC(Cc1ccc(O)cc1)C(=O)O. The fourth-order valence-corrected chi connectivity index (χ4v) is 3.73. The van der Waals surface area contributed by atoms with Crippen molar-refractivity contribution < 1.29 is 29.4 Å². The number of likely N-dealkylation sites (tertiary alicyclic amines) is 1. The number of aliphatic carboxylic acids is 1. The molecule has 1 aliphatic rings. The fraction of sp³-hybridized carbons (Fsp3) is 0.565. The molecule has 0 aliphatic carbocycles. The molecule has 6 N–H and O–H groups in total. The Bertz CT molecular complexity index is 859. The number of hydrogen-bond donors (Lipinski definition) is 5. The van der Waals surface area contributed by atoms with Crippen LogP contribution in [0.15, 0.2) is 24.3 Å². The molecule has 0 radical (unpaired) electrons. The summed E-state index contributed by atoms with van der Waals surface area (Å²) >= 11 is 0. The van der Waals surface area contributed by atoms with E-state index in [2.05, 4.69) is 10.6 Å². The second-order valence-electron chi connectivity index (χ2n) is 8.60. The highest BCUT2D eigenvalue weighted by atomic mass is 16.4. The van der Waals surface area contributed by atoms with Crippen LogP contribution in [-0.2, 0) is 25.6 Å². The minimum absolute atomic E-state index is 0.0143. The summed E-state index contributed by atoms with van der Waals surface area (Å²) in [5, 5.41) is 23.9. The standard InChI is InChI=1S/C23H34N4O6/c1-4-13(2)19(24)22(31)27-11-5-6-18(27)21(30)25-14(3)20(29)26-17(23(32)33)12-15-7-9-16(28)10-8-15/h7-10,13-14,17-19,28H,4-6,11-12,24H2,1-3H3,(H,25,30)(H,26,29)(H,32,33). The zero-order chi connectivity index (χ0) is 24.7. The highest BCUT2D eigenvalue weighted by Crippen LogP contribution is 2.20. The maximum atomic E-state index is 12.8. The minimum atomic E-state index is -1.22. The Kier molecular flexibility index (Phi) is 9.22. The van der Waals surface area contributed by atoms with Crippen molar-refractivity contribution in [2.45, 2.75) is 70.6 Å². The van der Waals surface area contributed by atoms with Crippen molar-refractivity contribution in [2.24, 2.45) is 11.7 Å². The van der Waals surface area contributed by atoms with Crippen molar-refractivity contribution in [3.63, 3.8) is 0 Å². The number of carboxylic acid groups (broad SMARTS) is 1. The third-order valence-corrected chi connectivity index (χ3v) is 6.12. The summed E-state index contributed by atoms with van der Waals surface area (Å²) in [6.45, 7) is 5.71. The van der Waals surface area contributed by atoms with Crippen LogP contribution < -0.4 is 16.4 Å². The summed E-state index contributed by atoms with van der Waals surface area (Å²) in [7, 11) is 0. The molecule has 3 amide bonds.